The third kappa shape index (κ3) is 6.81. The fourth-order valence-corrected chi connectivity index (χ4v) is 3.17. The van der Waals surface area contributed by atoms with E-state index in [0.29, 0.717) is 29.6 Å². The number of carbonyl (C=O) groups excluding carboxylic acids is 1. The Bertz CT molecular complexity index is 674. The van der Waals surface area contributed by atoms with Crippen LogP contribution in [0.25, 0.3) is 0 Å². The monoisotopic (exact) mass is 372 g/mol. The highest BCUT2D eigenvalue weighted by molar-refractivity contribution is 7.92. The predicted octanol–water partition coefficient (Wildman–Crippen LogP) is 2.02. The molecule has 0 saturated carbocycles. The van der Waals surface area contributed by atoms with Crippen LogP contribution in [0.1, 0.15) is 26.7 Å². The van der Waals surface area contributed by atoms with Gasteiger partial charge in [0, 0.05) is 25.6 Å². The Morgan fingerprint density at radius 1 is 1.24 bits per heavy atom. The summed E-state index contributed by atoms with van der Waals surface area (Å²) in [6.07, 6.45) is 2.04. The van der Waals surface area contributed by atoms with Crippen molar-refractivity contribution >= 4 is 21.6 Å². The lowest BCUT2D eigenvalue weighted by Crippen LogP contribution is -2.35. The van der Waals surface area contributed by atoms with Gasteiger partial charge in [0.1, 0.15) is 11.5 Å². The number of nitrogens with zero attached hydrogens (tertiary/aromatic N) is 1. The molecule has 1 aromatic carbocycles. The first-order chi connectivity index (χ1) is 11.7. The Morgan fingerprint density at radius 3 is 2.44 bits per heavy atom. The summed E-state index contributed by atoms with van der Waals surface area (Å²) in [6, 6.07) is 4.90. The zero-order valence-corrected chi connectivity index (χ0v) is 16.4. The molecule has 0 atom stereocenters. The van der Waals surface area contributed by atoms with Crippen LogP contribution in [-0.2, 0) is 14.8 Å². The Labute approximate surface area is 150 Å². The average molecular weight is 372 g/mol. The number of sulfonamides is 1. The molecule has 0 saturated heterocycles. The molecule has 1 rings (SSSR count). The highest BCUT2D eigenvalue weighted by atomic mass is 32.2. The van der Waals surface area contributed by atoms with Gasteiger partial charge in [0.2, 0.25) is 15.9 Å². The normalized spacial score (nSPS) is 11.3. The molecule has 0 aliphatic carbocycles. The van der Waals surface area contributed by atoms with Gasteiger partial charge in [-0.05, 0) is 24.5 Å². The SMILES string of the molecule is COc1ccc(OC)c(N(CCC(=O)NCCC(C)C)S(C)(=O)=O)c1. The Morgan fingerprint density at radius 2 is 1.92 bits per heavy atom. The molecule has 0 spiro atoms. The number of amides is 1. The van der Waals surface area contributed by atoms with Gasteiger partial charge in [-0.1, -0.05) is 13.8 Å². The number of anilines is 1. The van der Waals surface area contributed by atoms with Crippen LogP contribution in [0, 0.1) is 5.92 Å². The summed E-state index contributed by atoms with van der Waals surface area (Å²) in [5, 5.41) is 2.81. The Kier molecular flexibility index (Phi) is 8.02. The van der Waals surface area contributed by atoms with E-state index >= 15 is 0 Å². The van der Waals surface area contributed by atoms with E-state index in [1.165, 1.54) is 14.2 Å². The first-order valence-corrected chi connectivity index (χ1v) is 10.00. The third-order valence-corrected chi connectivity index (χ3v) is 4.82. The molecule has 7 nitrogen and oxygen atoms in total. The van der Waals surface area contributed by atoms with Crippen LogP contribution < -0.4 is 19.1 Å². The van der Waals surface area contributed by atoms with Crippen LogP contribution in [0.3, 0.4) is 0 Å². The van der Waals surface area contributed by atoms with Crippen LogP contribution >= 0.6 is 0 Å². The molecule has 1 N–H and O–H groups in total. The van der Waals surface area contributed by atoms with E-state index < -0.39 is 10.0 Å². The second kappa shape index (κ2) is 9.50. The smallest absolute Gasteiger partial charge is 0.232 e. The van der Waals surface area contributed by atoms with Gasteiger partial charge in [-0.25, -0.2) is 8.42 Å². The van der Waals surface area contributed by atoms with Crippen molar-refractivity contribution in [3.63, 3.8) is 0 Å². The number of hydrogen-bond acceptors (Lipinski definition) is 5. The maximum atomic E-state index is 12.2. The lowest BCUT2D eigenvalue weighted by Gasteiger charge is -2.24. The molecule has 8 heteroatoms. The van der Waals surface area contributed by atoms with E-state index in [1.54, 1.807) is 18.2 Å². The van der Waals surface area contributed by atoms with E-state index in [2.05, 4.69) is 19.2 Å². The van der Waals surface area contributed by atoms with Crippen molar-refractivity contribution in [1.29, 1.82) is 0 Å². The van der Waals surface area contributed by atoms with Crippen LogP contribution in [0.4, 0.5) is 5.69 Å². The summed E-state index contributed by atoms with van der Waals surface area (Å²) in [6.45, 7) is 4.76. The Hall–Kier alpha value is -1.96. The molecule has 0 fully saturated rings. The highest BCUT2D eigenvalue weighted by Crippen LogP contribution is 2.33. The molecule has 142 valence electrons. The summed E-state index contributed by atoms with van der Waals surface area (Å²) in [5.74, 6) is 1.21. The van der Waals surface area contributed by atoms with Crippen LogP contribution in [-0.4, -0.2) is 47.9 Å². The van der Waals surface area contributed by atoms with Gasteiger partial charge in [0.05, 0.1) is 26.2 Å². The van der Waals surface area contributed by atoms with E-state index in [4.69, 9.17) is 9.47 Å². The maximum Gasteiger partial charge on any atom is 0.232 e. The standard InChI is InChI=1S/C17H28N2O5S/c1-13(2)8-10-18-17(20)9-11-19(25(5,21)22)15-12-14(23-3)6-7-16(15)24-4/h6-7,12-13H,8-11H2,1-5H3,(H,18,20). The second-order valence-corrected chi connectivity index (χ2v) is 8.06. The molecule has 0 aliphatic rings. The first kappa shape index (κ1) is 21.1. The lowest BCUT2D eigenvalue weighted by molar-refractivity contribution is -0.120. The second-order valence-electron chi connectivity index (χ2n) is 6.16. The van der Waals surface area contributed by atoms with Crippen molar-refractivity contribution in [2.45, 2.75) is 26.7 Å². The number of rotatable bonds is 10. The number of ether oxygens (including phenoxy) is 2. The summed E-state index contributed by atoms with van der Waals surface area (Å²) < 4.78 is 36.0. The molecule has 1 amide bonds. The number of benzene rings is 1. The van der Waals surface area contributed by atoms with Crippen molar-refractivity contribution in [2.24, 2.45) is 5.92 Å². The Balaban J connectivity index is 2.91. The van der Waals surface area contributed by atoms with Gasteiger partial charge in [-0.3, -0.25) is 9.10 Å². The maximum absolute atomic E-state index is 12.2. The van der Waals surface area contributed by atoms with Crippen molar-refractivity contribution in [3.8, 4) is 11.5 Å². The molecular formula is C17H28N2O5S. The minimum atomic E-state index is -3.59. The van der Waals surface area contributed by atoms with Crippen molar-refractivity contribution < 1.29 is 22.7 Å². The molecule has 25 heavy (non-hydrogen) atoms. The zero-order valence-electron chi connectivity index (χ0n) is 15.5. The van der Waals surface area contributed by atoms with E-state index in [0.717, 1.165) is 17.0 Å². The molecule has 0 bridgehead atoms. The molecule has 0 heterocycles. The summed E-state index contributed by atoms with van der Waals surface area (Å²) >= 11 is 0. The highest BCUT2D eigenvalue weighted by Gasteiger charge is 2.22. The summed E-state index contributed by atoms with van der Waals surface area (Å²) in [4.78, 5) is 12.0. The van der Waals surface area contributed by atoms with Gasteiger partial charge < -0.3 is 14.8 Å². The fourth-order valence-electron chi connectivity index (χ4n) is 2.25. The average Bonchev–Trinajstić information content (AvgIpc) is 2.53. The molecule has 0 aliphatic heterocycles. The number of carbonyl (C=O) groups is 1. The quantitative estimate of drug-likeness (QED) is 0.679. The van der Waals surface area contributed by atoms with E-state index in [9.17, 15) is 13.2 Å². The largest absolute Gasteiger partial charge is 0.497 e. The molecule has 0 radical (unpaired) electrons. The number of nitrogens with one attached hydrogen (secondary N) is 1. The lowest BCUT2D eigenvalue weighted by atomic mass is 10.1. The number of methoxy groups -OCH3 is 2. The molecule has 0 unspecified atom stereocenters. The summed E-state index contributed by atoms with van der Waals surface area (Å²) in [5.41, 5.74) is 0.347. The zero-order chi connectivity index (χ0) is 19.0. The van der Waals surface area contributed by atoms with Gasteiger partial charge in [-0.2, -0.15) is 0 Å². The van der Waals surface area contributed by atoms with Gasteiger partial charge in [-0.15, -0.1) is 0 Å². The van der Waals surface area contributed by atoms with Crippen molar-refractivity contribution in [3.05, 3.63) is 18.2 Å². The number of hydrogen-bond donors (Lipinski definition) is 1. The van der Waals surface area contributed by atoms with E-state index in [1.807, 2.05) is 0 Å². The van der Waals surface area contributed by atoms with Gasteiger partial charge in [0.25, 0.3) is 0 Å². The first-order valence-electron chi connectivity index (χ1n) is 8.15. The topological polar surface area (TPSA) is 84.9 Å². The molecule has 1 aromatic rings. The van der Waals surface area contributed by atoms with Crippen molar-refractivity contribution in [1.82, 2.24) is 5.32 Å². The third-order valence-electron chi connectivity index (χ3n) is 3.64. The van der Waals surface area contributed by atoms with Gasteiger partial charge in [0.15, 0.2) is 0 Å². The molecule has 0 aromatic heterocycles. The summed E-state index contributed by atoms with van der Waals surface area (Å²) in [7, 11) is -0.626. The van der Waals surface area contributed by atoms with Crippen LogP contribution in [0.15, 0.2) is 18.2 Å². The molecular weight excluding hydrogens is 344 g/mol. The fraction of sp³-hybridized carbons (Fsp3) is 0.588. The van der Waals surface area contributed by atoms with E-state index in [-0.39, 0.29) is 18.9 Å². The van der Waals surface area contributed by atoms with Crippen molar-refractivity contribution in [2.75, 3.05) is 37.9 Å². The minimum Gasteiger partial charge on any atom is -0.497 e. The van der Waals surface area contributed by atoms with Crippen LogP contribution in [0.2, 0.25) is 0 Å². The van der Waals surface area contributed by atoms with Crippen LogP contribution in [0.5, 0.6) is 11.5 Å². The minimum absolute atomic E-state index is 0.0237. The predicted molar refractivity (Wildman–Crippen MR) is 98.8 cm³/mol. The van der Waals surface area contributed by atoms with Gasteiger partial charge >= 0.3 is 0 Å².